The Morgan fingerprint density at radius 2 is 2.20 bits per heavy atom. The number of likely N-dealkylation sites (N-methyl/N-ethyl adjacent to an activating group) is 1. The van der Waals surface area contributed by atoms with Crippen LogP contribution in [0.2, 0.25) is 0 Å². The Kier molecular flexibility index (Phi) is 2.93. The third-order valence-corrected chi connectivity index (χ3v) is 6.18. The predicted molar refractivity (Wildman–Crippen MR) is 91.8 cm³/mol. The van der Waals surface area contributed by atoms with E-state index in [0.717, 1.165) is 30.9 Å². The Hall–Kier alpha value is -2.27. The number of piperidine rings is 1. The number of nitrogens with zero attached hydrogens (tertiary/aromatic N) is 1. The second-order valence-corrected chi connectivity index (χ2v) is 7.34. The topological polar surface area (TPSA) is 48.0 Å². The lowest BCUT2D eigenvalue weighted by atomic mass is 9.57. The van der Waals surface area contributed by atoms with E-state index in [4.69, 9.17) is 14.2 Å². The fraction of sp³-hybridized carbons (Fsp3) is 0.450. The van der Waals surface area contributed by atoms with E-state index in [-0.39, 0.29) is 17.5 Å². The summed E-state index contributed by atoms with van der Waals surface area (Å²) in [5.74, 6) is 1.86. The molecule has 0 amide bonds. The zero-order valence-electron chi connectivity index (χ0n) is 14.7. The van der Waals surface area contributed by atoms with E-state index < -0.39 is 0 Å². The molecule has 1 aromatic carbocycles. The van der Waals surface area contributed by atoms with Crippen molar-refractivity contribution in [3.05, 3.63) is 46.7 Å². The molecule has 2 aliphatic heterocycles. The summed E-state index contributed by atoms with van der Waals surface area (Å²) in [6.45, 7) is 2.43. The lowest BCUT2D eigenvalue weighted by Gasteiger charge is -2.52. The molecule has 130 valence electrons. The Bertz CT molecular complexity index is 855. The van der Waals surface area contributed by atoms with Gasteiger partial charge in [-0.2, -0.15) is 0 Å². The van der Waals surface area contributed by atoms with Crippen molar-refractivity contribution in [1.29, 1.82) is 0 Å². The zero-order chi connectivity index (χ0) is 17.3. The molecule has 0 saturated carbocycles. The number of allylic oxidation sites excluding steroid dienone is 2. The first-order chi connectivity index (χ1) is 12.1. The molecule has 1 fully saturated rings. The molecular weight excluding hydrogens is 318 g/mol. The highest BCUT2D eigenvalue weighted by molar-refractivity contribution is 5.71. The standard InChI is InChI=1S/C20H21NO4/c1-11(22)24-16-7-5-13-14-10-12-4-6-15(23-3)18-17(12)20(13,19(16)25-18)8-9-21(14)2/h4-7,14,19H,8-10H2,1-3H3/t14-,19+,20+/m1/s1. The van der Waals surface area contributed by atoms with Crippen molar-refractivity contribution >= 4 is 5.97 Å². The van der Waals surface area contributed by atoms with Gasteiger partial charge in [-0.05, 0) is 49.7 Å². The van der Waals surface area contributed by atoms with Crippen molar-refractivity contribution in [3.8, 4) is 11.5 Å². The molecule has 0 unspecified atom stereocenters. The first kappa shape index (κ1) is 15.0. The lowest BCUT2D eigenvalue weighted by Crippen LogP contribution is -2.58. The van der Waals surface area contributed by atoms with Crippen molar-refractivity contribution < 1.29 is 19.0 Å². The van der Waals surface area contributed by atoms with E-state index in [2.05, 4.69) is 24.1 Å². The Labute approximate surface area is 146 Å². The number of likely N-dealkylation sites (tertiary alicyclic amines) is 1. The van der Waals surface area contributed by atoms with Crippen LogP contribution in [-0.2, 0) is 21.4 Å². The van der Waals surface area contributed by atoms with Gasteiger partial charge in [-0.15, -0.1) is 0 Å². The van der Waals surface area contributed by atoms with Gasteiger partial charge in [-0.3, -0.25) is 9.69 Å². The quantitative estimate of drug-likeness (QED) is 0.774. The van der Waals surface area contributed by atoms with Crippen LogP contribution in [0.15, 0.2) is 35.6 Å². The number of hydrogen-bond acceptors (Lipinski definition) is 5. The maximum Gasteiger partial charge on any atom is 0.307 e. The molecule has 5 heteroatoms. The summed E-state index contributed by atoms with van der Waals surface area (Å²) >= 11 is 0. The second kappa shape index (κ2) is 4.88. The van der Waals surface area contributed by atoms with E-state index in [1.54, 1.807) is 7.11 Å². The average Bonchev–Trinajstić information content (AvgIpc) is 2.94. The molecule has 0 aromatic heterocycles. The second-order valence-electron chi connectivity index (χ2n) is 7.34. The van der Waals surface area contributed by atoms with Gasteiger partial charge in [-0.1, -0.05) is 12.1 Å². The number of rotatable bonds is 2. The summed E-state index contributed by atoms with van der Waals surface area (Å²) in [6, 6.07) is 4.52. The molecule has 5 nitrogen and oxygen atoms in total. The van der Waals surface area contributed by atoms with E-state index in [1.807, 2.05) is 12.1 Å². The number of esters is 1. The van der Waals surface area contributed by atoms with Gasteiger partial charge < -0.3 is 14.2 Å². The smallest absolute Gasteiger partial charge is 0.307 e. The monoisotopic (exact) mass is 339 g/mol. The highest BCUT2D eigenvalue weighted by atomic mass is 16.6. The van der Waals surface area contributed by atoms with Crippen molar-refractivity contribution in [2.45, 2.75) is 37.3 Å². The Morgan fingerprint density at radius 1 is 1.36 bits per heavy atom. The van der Waals surface area contributed by atoms with Crippen molar-refractivity contribution in [2.24, 2.45) is 0 Å². The number of carbonyl (C=O) groups is 1. The van der Waals surface area contributed by atoms with Gasteiger partial charge in [0.25, 0.3) is 0 Å². The van der Waals surface area contributed by atoms with Crippen molar-refractivity contribution in [2.75, 3.05) is 20.7 Å². The normalized spacial score (nSPS) is 31.5. The van der Waals surface area contributed by atoms with Crippen LogP contribution >= 0.6 is 0 Å². The maximum atomic E-state index is 11.6. The molecule has 25 heavy (non-hydrogen) atoms. The van der Waals surface area contributed by atoms with E-state index in [9.17, 15) is 4.79 Å². The third-order valence-electron chi connectivity index (χ3n) is 6.18. The first-order valence-corrected chi connectivity index (χ1v) is 8.74. The number of ether oxygens (including phenoxy) is 3. The van der Waals surface area contributed by atoms with Crippen LogP contribution in [0.5, 0.6) is 11.5 Å². The molecule has 4 aliphatic rings. The number of methoxy groups -OCH3 is 1. The fourth-order valence-electron chi connectivity index (χ4n) is 5.18. The van der Waals surface area contributed by atoms with Gasteiger partial charge in [0.1, 0.15) is 5.76 Å². The summed E-state index contributed by atoms with van der Waals surface area (Å²) in [5, 5.41) is 0. The van der Waals surface area contributed by atoms with Crippen LogP contribution in [0.4, 0.5) is 0 Å². The summed E-state index contributed by atoms with van der Waals surface area (Å²) in [5.41, 5.74) is 3.69. The minimum atomic E-state index is -0.313. The van der Waals surface area contributed by atoms with Crippen LogP contribution in [0.25, 0.3) is 0 Å². The minimum absolute atomic E-state index is 0.242. The van der Waals surface area contributed by atoms with Crippen molar-refractivity contribution in [1.82, 2.24) is 4.90 Å². The summed E-state index contributed by atoms with van der Waals surface area (Å²) in [7, 11) is 3.85. The van der Waals surface area contributed by atoms with Crippen LogP contribution in [0, 0.1) is 0 Å². The van der Waals surface area contributed by atoms with Gasteiger partial charge >= 0.3 is 5.97 Å². The molecule has 1 spiro atoms. The minimum Gasteiger partial charge on any atom is -0.493 e. The first-order valence-electron chi connectivity index (χ1n) is 8.74. The van der Waals surface area contributed by atoms with Gasteiger partial charge in [0.05, 0.1) is 12.5 Å². The van der Waals surface area contributed by atoms with Crippen LogP contribution in [0.3, 0.4) is 0 Å². The van der Waals surface area contributed by atoms with E-state index in [0.29, 0.717) is 11.8 Å². The van der Waals surface area contributed by atoms with E-state index in [1.165, 1.54) is 23.6 Å². The molecule has 1 saturated heterocycles. The Balaban J connectivity index is 1.78. The molecule has 2 aliphatic carbocycles. The zero-order valence-corrected chi connectivity index (χ0v) is 14.7. The van der Waals surface area contributed by atoms with Crippen LogP contribution in [0.1, 0.15) is 24.5 Å². The highest BCUT2D eigenvalue weighted by Gasteiger charge is 2.62. The molecule has 1 aromatic rings. The van der Waals surface area contributed by atoms with Gasteiger partial charge in [0, 0.05) is 18.5 Å². The number of carbonyl (C=O) groups excluding carboxylic acids is 1. The third kappa shape index (κ3) is 1.74. The molecule has 5 rings (SSSR count). The summed E-state index contributed by atoms with van der Waals surface area (Å²) in [6.07, 6.45) is 5.69. The highest BCUT2D eigenvalue weighted by Crippen LogP contribution is 2.62. The number of hydrogen-bond donors (Lipinski definition) is 0. The number of benzene rings is 1. The van der Waals surface area contributed by atoms with Crippen LogP contribution in [-0.4, -0.2) is 43.7 Å². The van der Waals surface area contributed by atoms with Crippen molar-refractivity contribution in [3.63, 3.8) is 0 Å². The van der Waals surface area contributed by atoms with E-state index >= 15 is 0 Å². The molecule has 0 radical (unpaired) electrons. The molecule has 2 bridgehead atoms. The molecule has 0 N–H and O–H groups in total. The van der Waals surface area contributed by atoms with Gasteiger partial charge in [0.15, 0.2) is 17.6 Å². The van der Waals surface area contributed by atoms with Gasteiger partial charge in [-0.25, -0.2) is 0 Å². The fourth-order valence-corrected chi connectivity index (χ4v) is 5.18. The molecule has 2 heterocycles. The molecular formula is C20H21NO4. The summed E-state index contributed by atoms with van der Waals surface area (Å²) in [4.78, 5) is 14.0. The average molecular weight is 339 g/mol. The van der Waals surface area contributed by atoms with Gasteiger partial charge in [0.2, 0.25) is 0 Å². The summed E-state index contributed by atoms with van der Waals surface area (Å²) < 4.78 is 17.5. The maximum absolute atomic E-state index is 11.6. The Morgan fingerprint density at radius 3 is 2.96 bits per heavy atom. The lowest BCUT2D eigenvalue weighted by molar-refractivity contribution is -0.138. The predicted octanol–water partition coefficient (Wildman–Crippen LogP) is 2.34. The largest absolute Gasteiger partial charge is 0.493 e. The van der Waals surface area contributed by atoms with Crippen LogP contribution < -0.4 is 9.47 Å². The SMILES string of the molecule is COc1ccc2c3c1O[C@H]1C(OC(C)=O)=CC=C4[C@@H](C2)N(C)CC[C@]431. The molecule has 3 atom stereocenters.